The third kappa shape index (κ3) is 4.21. The van der Waals surface area contributed by atoms with Crippen molar-refractivity contribution < 1.29 is 23.6 Å². The van der Waals surface area contributed by atoms with E-state index in [-0.39, 0.29) is 13.2 Å². The molecule has 15 heavy (non-hydrogen) atoms. The van der Waals surface area contributed by atoms with Crippen LogP contribution in [0.1, 0.15) is 6.92 Å². The van der Waals surface area contributed by atoms with Crippen LogP contribution in [0.25, 0.3) is 0 Å². The minimum Gasteiger partial charge on any atom is -0.462 e. The summed E-state index contributed by atoms with van der Waals surface area (Å²) in [5.74, 6) is -0.390. The van der Waals surface area contributed by atoms with Gasteiger partial charge in [0.25, 0.3) is 0 Å². The second-order valence-electron chi connectivity index (χ2n) is 2.74. The number of rotatable bonds is 3. The predicted octanol–water partition coefficient (Wildman–Crippen LogP) is 0.522. The van der Waals surface area contributed by atoms with E-state index < -0.39 is 12.1 Å². The molecule has 80 valence electrons. The number of carbonyl (C=O) groups is 2. The van der Waals surface area contributed by atoms with E-state index in [4.69, 9.17) is 4.74 Å². The summed E-state index contributed by atoms with van der Waals surface area (Å²) in [5, 5.41) is 0. The summed E-state index contributed by atoms with van der Waals surface area (Å²) in [5.41, 5.74) is 0. The van der Waals surface area contributed by atoms with E-state index in [2.05, 4.69) is 4.74 Å². The van der Waals surface area contributed by atoms with Crippen LogP contribution in [-0.4, -0.2) is 25.3 Å². The van der Waals surface area contributed by atoms with Crippen LogP contribution in [0.3, 0.4) is 0 Å². The molecule has 0 bridgehead atoms. The summed E-state index contributed by atoms with van der Waals surface area (Å²) in [6.07, 6.45) is 2.66. The fourth-order valence-electron chi connectivity index (χ4n) is 0.909. The standard InChI is InChI=1S/C10H12NO4/c1-9(12)14-7-8-15-10(13)11-5-3-2-4-6-11/h2-6H,7-8H2,1H3/q+1. The van der Waals surface area contributed by atoms with Gasteiger partial charge in [-0.1, -0.05) is 10.6 Å². The van der Waals surface area contributed by atoms with Gasteiger partial charge in [-0.05, 0) is 0 Å². The number of nitrogens with zero attached hydrogens (tertiary/aromatic N) is 1. The summed E-state index contributed by atoms with van der Waals surface area (Å²) in [4.78, 5) is 21.7. The lowest BCUT2D eigenvalue weighted by Crippen LogP contribution is -2.42. The van der Waals surface area contributed by atoms with Gasteiger partial charge in [0.2, 0.25) is 0 Å². The molecule has 1 aromatic heterocycles. The van der Waals surface area contributed by atoms with Gasteiger partial charge in [0.1, 0.15) is 13.2 Å². The highest BCUT2D eigenvalue weighted by Crippen LogP contribution is 1.83. The average Bonchev–Trinajstić information content (AvgIpc) is 2.25. The molecule has 0 aliphatic rings. The van der Waals surface area contributed by atoms with Crippen molar-refractivity contribution in [3.63, 3.8) is 0 Å². The molecule has 0 atom stereocenters. The Hall–Kier alpha value is -1.91. The zero-order valence-corrected chi connectivity index (χ0v) is 8.38. The van der Waals surface area contributed by atoms with Crippen LogP contribution in [0.15, 0.2) is 30.6 Å². The van der Waals surface area contributed by atoms with Crippen LogP contribution in [0.4, 0.5) is 4.79 Å². The van der Waals surface area contributed by atoms with Gasteiger partial charge < -0.3 is 9.47 Å². The molecule has 1 aromatic rings. The van der Waals surface area contributed by atoms with Gasteiger partial charge in [0.15, 0.2) is 12.4 Å². The molecule has 0 fully saturated rings. The monoisotopic (exact) mass is 210 g/mol. The predicted molar refractivity (Wildman–Crippen MR) is 50.0 cm³/mol. The SMILES string of the molecule is CC(=O)OCCOC(=O)[n+]1ccccc1. The molecule has 0 unspecified atom stereocenters. The van der Waals surface area contributed by atoms with Crippen molar-refractivity contribution in [1.29, 1.82) is 0 Å². The zero-order chi connectivity index (χ0) is 11.1. The average molecular weight is 210 g/mol. The van der Waals surface area contributed by atoms with Crippen molar-refractivity contribution in [2.24, 2.45) is 0 Å². The van der Waals surface area contributed by atoms with Crippen molar-refractivity contribution in [2.45, 2.75) is 6.92 Å². The maximum atomic E-state index is 11.3. The first kappa shape index (κ1) is 11.2. The number of hydrogen-bond donors (Lipinski definition) is 0. The minimum absolute atomic E-state index is 0.0559. The van der Waals surface area contributed by atoms with Crippen LogP contribution in [0.5, 0.6) is 0 Å². The Labute approximate surface area is 87.2 Å². The van der Waals surface area contributed by atoms with Crippen LogP contribution < -0.4 is 4.57 Å². The Bertz CT molecular complexity index is 337. The number of carbonyl (C=O) groups excluding carboxylic acids is 2. The molecule has 5 nitrogen and oxygen atoms in total. The van der Waals surface area contributed by atoms with Crippen molar-refractivity contribution in [2.75, 3.05) is 13.2 Å². The summed E-state index contributed by atoms with van der Waals surface area (Å²) >= 11 is 0. The minimum atomic E-state index is -0.497. The fraction of sp³-hybridized carbons (Fsp3) is 0.300. The molecular weight excluding hydrogens is 198 g/mol. The molecular formula is C10H12NO4+. The molecule has 0 aliphatic carbocycles. The molecule has 0 N–H and O–H groups in total. The summed E-state index contributed by atoms with van der Waals surface area (Å²) < 4.78 is 10.7. The Balaban J connectivity index is 2.28. The van der Waals surface area contributed by atoms with Gasteiger partial charge in [0.05, 0.1) is 0 Å². The number of aromatic nitrogens is 1. The zero-order valence-electron chi connectivity index (χ0n) is 8.38. The van der Waals surface area contributed by atoms with E-state index in [9.17, 15) is 9.59 Å². The maximum Gasteiger partial charge on any atom is 0.602 e. The molecule has 1 rings (SSSR count). The highest BCUT2D eigenvalue weighted by molar-refractivity contribution is 5.65. The van der Waals surface area contributed by atoms with Gasteiger partial charge in [-0.15, -0.1) is 0 Å². The van der Waals surface area contributed by atoms with E-state index in [0.717, 1.165) is 0 Å². The second kappa shape index (κ2) is 5.74. The van der Waals surface area contributed by atoms with E-state index in [1.54, 1.807) is 30.6 Å². The number of esters is 1. The Morgan fingerprint density at radius 2 is 1.67 bits per heavy atom. The molecule has 1 heterocycles. The summed E-state index contributed by atoms with van der Waals surface area (Å²) in [6, 6.07) is 5.23. The second-order valence-corrected chi connectivity index (χ2v) is 2.74. The van der Waals surface area contributed by atoms with E-state index in [1.807, 2.05) is 0 Å². The van der Waals surface area contributed by atoms with E-state index >= 15 is 0 Å². The fourth-order valence-corrected chi connectivity index (χ4v) is 0.909. The van der Waals surface area contributed by atoms with Crippen LogP contribution in [-0.2, 0) is 14.3 Å². The quantitative estimate of drug-likeness (QED) is 0.414. The lowest BCUT2D eigenvalue weighted by Gasteiger charge is -2.00. The third-order valence-electron chi connectivity index (χ3n) is 1.54. The van der Waals surface area contributed by atoms with Gasteiger partial charge >= 0.3 is 12.1 Å². The van der Waals surface area contributed by atoms with Crippen LogP contribution in [0.2, 0.25) is 0 Å². The molecule has 0 spiro atoms. The number of hydrogen-bond acceptors (Lipinski definition) is 4. The summed E-state index contributed by atoms with van der Waals surface area (Å²) in [6.45, 7) is 1.43. The van der Waals surface area contributed by atoms with Gasteiger partial charge in [-0.3, -0.25) is 4.79 Å². The smallest absolute Gasteiger partial charge is 0.462 e. The number of ether oxygens (including phenoxy) is 2. The Kier molecular flexibility index (Phi) is 4.28. The largest absolute Gasteiger partial charge is 0.602 e. The Morgan fingerprint density at radius 3 is 2.27 bits per heavy atom. The van der Waals surface area contributed by atoms with E-state index in [1.165, 1.54) is 11.5 Å². The first-order valence-corrected chi connectivity index (χ1v) is 4.47. The first-order chi connectivity index (χ1) is 7.20. The first-order valence-electron chi connectivity index (χ1n) is 4.47. The lowest BCUT2D eigenvalue weighted by atomic mass is 10.5. The third-order valence-corrected chi connectivity index (χ3v) is 1.54. The molecule has 5 heteroatoms. The highest BCUT2D eigenvalue weighted by atomic mass is 16.6. The van der Waals surface area contributed by atoms with Gasteiger partial charge in [-0.25, -0.2) is 0 Å². The molecule has 0 amide bonds. The molecule has 0 radical (unpaired) electrons. The topological polar surface area (TPSA) is 56.5 Å². The van der Waals surface area contributed by atoms with Crippen molar-refractivity contribution in [3.8, 4) is 0 Å². The van der Waals surface area contributed by atoms with Crippen LogP contribution >= 0.6 is 0 Å². The number of pyridine rings is 1. The van der Waals surface area contributed by atoms with Crippen LogP contribution in [0, 0.1) is 0 Å². The summed E-state index contributed by atoms with van der Waals surface area (Å²) in [7, 11) is 0. The van der Waals surface area contributed by atoms with Crippen molar-refractivity contribution in [3.05, 3.63) is 30.6 Å². The molecule has 0 aromatic carbocycles. The van der Waals surface area contributed by atoms with Gasteiger partial charge in [0, 0.05) is 19.1 Å². The van der Waals surface area contributed by atoms with Crippen molar-refractivity contribution >= 4 is 12.1 Å². The molecule has 0 aliphatic heterocycles. The Morgan fingerprint density at radius 1 is 1.07 bits per heavy atom. The maximum absolute atomic E-state index is 11.3. The highest BCUT2D eigenvalue weighted by Gasteiger charge is 2.14. The van der Waals surface area contributed by atoms with E-state index in [0.29, 0.717) is 0 Å². The normalized spacial score (nSPS) is 9.40. The lowest BCUT2D eigenvalue weighted by molar-refractivity contribution is -0.586. The van der Waals surface area contributed by atoms with Gasteiger partial charge in [-0.2, -0.15) is 4.79 Å². The molecule has 0 saturated heterocycles. The molecule has 0 saturated carbocycles. The van der Waals surface area contributed by atoms with Crippen molar-refractivity contribution in [1.82, 2.24) is 0 Å².